The van der Waals surface area contributed by atoms with Crippen molar-refractivity contribution >= 4 is 5.69 Å². The van der Waals surface area contributed by atoms with E-state index in [2.05, 4.69) is 12.2 Å². The van der Waals surface area contributed by atoms with E-state index in [0.29, 0.717) is 12.1 Å². The van der Waals surface area contributed by atoms with Crippen molar-refractivity contribution in [3.05, 3.63) is 39.7 Å². The molecule has 0 saturated heterocycles. The molecular formula is C12H17FN2O2. The summed E-state index contributed by atoms with van der Waals surface area (Å²) in [4.78, 5) is 9.86. The molecule has 0 aliphatic rings. The number of nitro groups is 1. The maximum Gasteiger partial charge on any atom is 0.305 e. The van der Waals surface area contributed by atoms with Crippen LogP contribution in [0.5, 0.6) is 0 Å². The highest BCUT2D eigenvalue weighted by molar-refractivity contribution is 5.36. The number of benzene rings is 1. The minimum atomic E-state index is -0.742. The van der Waals surface area contributed by atoms with E-state index in [4.69, 9.17) is 0 Å². The minimum Gasteiger partial charge on any atom is -0.310 e. The molecule has 94 valence electrons. The second-order valence-corrected chi connectivity index (χ2v) is 4.08. The minimum absolute atomic E-state index is 0.277. The fraction of sp³-hybridized carbons (Fsp3) is 0.500. The predicted octanol–water partition coefficient (Wildman–Crippen LogP) is 3.01. The molecular weight excluding hydrogens is 223 g/mol. The van der Waals surface area contributed by atoms with Crippen LogP contribution in [0.2, 0.25) is 0 Å². The van der Waals surface area contributed by atoms with Crippen molar-refractivity contribution in [2.75, 3.05) is 0 Å². The van der Waals surface area contributed by atoms with E-state index >= 15 is 0 Å². The molecule has 1 aromatic rings. The van der Waals surface area contributed by atoms with Gasteiger partial charge in [0.25, 0.3) is 0 Å². The average Bonchev–Trinajstić information content (AvgIpc) is 2.27. The lowest BCUT2D eigenvalue weighted by atomic mass is 10.1. The quantitative estimate of drug-likeness (QED) is 0.614. The third kappa shape index (κ3) is 3.78. The number of nitro benzene ring substituents is 1. The fourth-order valence-electron chi connectivity index (χ4n) is 1.66. The first-order valence-corrected chi connectivity index (χ1v) is 5.71. The molecule has 0 aromatic heterocycles. The Morgan fingerprint density at radius 3 is 2.82 bits per heavy atom. The molecule has 4 nitrogen and oxygen atoms in total. The van der Waals surface area contributed by atoms with Crippen molar-refractivity contribution in [2.45, 2.75) is 39.3 Å². The van der Waals surface area contributed by atoms with Crippen LogP contribution in [0.3, 0.4) is 0 Å². The second-order valence-electron chi connectivity index (χ2n) is 4.08. The summed E-state index contributed by atoms with van der Waals surface area (Å²) in [5.74, 6) is -0.742. The summed E-state index contributed by atoms with van der Waals surface area (Å²) in [6, 6.07) is 4.52. The summed E-state index contributed by atoms with van der Waals surface area (Å²) < 4.78 is 13.7. The van der Waals surface area contributed by atoms with Gasteiger partial charge in [0.1, 0.15) is 0 Å². The van der Waals surface area contributed by atoms with E-state index in [-0.39, 0.29) is 6.04 Å². The van der Waals surface area contributed by atoms with Crippen LogP contribution in [-0.2, 0) is 6.54 Å². The summed E-state index contributed by atoms with van der Waals surface area (Å²) in [5, 5.41) is 13.7. The molecule has 0 aliphatic carbocycles. The maximum absolute atomic E-state index is 13.7. The van der Waals surface area contributed by atoms with Crippen molar-refractivity contribution in [1.29, 1.82) is 0 Å². The number of halogens is 1. The molecule has 1 aromatic carbocycles. The zero-order chi connectivity index (χ0) is 12.8. The van der Waals surface area contributed by atoms with Gasteiger partial charge in [-0.15, -0.1) is 0 Å². The first kappa shape index (κ1) is 13.6. The molecule has 1 N–H and O–H groups in total. The number of nitrogens with one attached hydrogen (secondary N) is 1. The molecule has 0 fully saturated rings. The van der Waals surface area contributed by atoms with Crippen molar-refractivity contribution in [3.63, 3.8) is 0 Å². The summed E-state index contributed by atoms with van der Waals surface area (Å²) >= 11 is 0. The van der Waals surface area contributed by atoms with E-state index in [0.717, 1.165) is 12.8 Å². The van der Waals surface area contributed by atoms with Gasteiger partial charge in [-0.3, -0.25) is 10.1 Å². The number of hydrogen-bond acceptors (Lipinski definition) is 3. The first-order valence-electron chi connectivity index (χ1n) is 5.71. The van der Waals surface area contributed by atoms with Crippen LogP contribution in [-0.4, -0.2) is 11.0 Å². The molecule has 0 aliphatic heterocycles. The van der Waals surface area contributed by atoms with Gasteiger partial charge in [-0.05, 0) is 13.3 Å². The third-order valence-electron chi connectivity index (χ3n) is 2.62. The van der Waals surface area contributed by atoms with E-state index in [9.17, 15) is 14.5 Å². The fourth-order valence-corrected chi connectivity index (χ4v) is 1.66. The highest BCUT2D eigenvalue weighted by Crippen LogP contribution is 2.20. The van der Waals surface area contributed by atoms with Gasteiger partial charge in [-0.2, -0.15) is 4.39 Å². The third-order valence-corrected chi connectivity index (χ3v) is 2.62. The molecule has 0 radical (unpaired) electrons. The summed E-state index contributed by atoms with van der Waals surface area (Å²) in [6.07, 6.45) is 2.04. The molecule has 5 heteroatoms. The SMILES string of the molecule is CCCC(C)NCc1cccc([N+](=O)[O-])c1F. The Kier molecular flexibility index (Phi) is 5.03. The standard InChI is InChI=1S/C12H17FN2O2/c1-3-5-9(2)14-8-10-6-4-7-11(12(10)13)15(16)17/h4,6-7,9,14H,3,5,8H2,1-2H3. The Balaban J connectivity index is 2.72. The average molecular weight is 240 g/mol. The molecule has 0 amide bonds. The lowest BCUT2D eigenvalue weighted by Gasteiger charge is -2.12. The topological polar surface area (TPSA) is 55.2 Å². The van der Waals surface area contributed by atoms with Gasteiger partial charge in [-0.1, -0.05) is 25.5 Å². The van der Waals surface area contributed by atoms with Gasteiger partial charge in [0.15, 0.2) is 0 Å². The van der Waals surface area contributed by atoms with Gasteiger partial charge in [0, 0.05) is 24.2 Å². The van der Waals surface area contributed by atoms with Gasteiger partial charge in [-0.25, -0.2) is 0 Å². The van der Waals surface area contributed by atoms with Crippen LogP contribution in [0, 0.1) is 15.9 Å². The largest absolute Gasteiger partial charge is 0.310 e. The van der Waals surface area contributed by atoms with E-state index in [1.807, 2.05) is 6.92 Å². The van der Waals surface area contributed by atoms with Crippen LogP contribution in [0.1, 0.15) is 32.3 Å². The molecule has 0 bridgehead atoms. The Morgan fingerprint density at radius 1 is 1.53 bits per heavy atom. The van der Waals surface area contributed by atoms with Gasteiger partial charge >= 0.3 is 5.69 Å². The first-order chi connectivity index (χ1) is 8.06. The van der Waals surface area contributed by atoms with Crippen molar-refractivity contribution in [1.82, 2.24) is 5.32 Å². The molecule has 1 rings (SSSR count). The van der Waals surface area contributed by atoms with Crippen molar-refractivity contribution < 1.29 is 9.31 Å². The Morgan fingerprint density at radius 2 is 2.24 bits per heavy atom. The monoisotopic (exact) mass is 240 g/mol. The van der Waals surface area contributed by atoms with E-state index in [1.165, 1.54) is 12.1 Å². The molecule has 1 atom stereocenters. The maximum atomic E-state index is 13.7. The number of rotatable bonds is 6. The lowest BCUT2D eigenvalue weighted by molar-refractivity contribution is -0.387. The van der Waals surface area contributed by atoms with Crippen LogP contribution >= 0.6 is 0 Å². The van der Waals surface area contributed by atoms with E-state index < -0.39 is 16.4 Å². The number of hydrogen-bond donors (Lipinski definition) is 1. The zero-order valence-corrected chi connectivity index (χ0v) is 10.1. The van der Waals surface area contributed by atoms with E-state index in [1.54, 1.807) is 6.07 Å². The zero-order valence-electron chi connectivity index (χ0n) is 10.1. The summed E-state index contributed by atoms with van der Waals surface area (Å²) in [6.45, 7) is 4.40. The van der Waals surface area contributed by atoms with Crippen molar-refractivity contribution in [3.8, 4) is 0 Å². The highest BCUT2D eigenvalue weighted by Gasteiger charge is 2.16. The molecule has 0 spiro atoms. The van der Waals surface area contributed by atoms with Gasteiger partial charge in [0.05, 0.1) is 4.92 Å². The van der Waals surface area contributed by atoms with Crippen LogP contribution in [0.25, 0.3) is 0 Å². The molecule has 1 unspecified atom stereocenters. The summed E-state index contributed by atoms with van der Waals surface area (Å²) in [5.41, 5.74) is -0.130. The Hall–Kier alpha value is -1.49. The predicted molar refractivity (Wildman–Crippen MR) is 64.3 cm³/mol. The van der Waals surface area contributed by atoms with Gasteiger partial charge < -0.3 is 5.32 Å². The van der Waals surface area contributed by atoms with Crippen LogP contribution in [0.15, 0.2) is 18.2 Å². The van der Waals surface area contributed by atoms with Crippen LogP contribution in [0.4, 0.5) is 10.1 Å². The number of nitrogens with zero attached hydrogens (tertiary/aromatic N) is 1. The highest BCUT2D eigenvalue weighted by atomic mass is 19.1. The molecule has 0 saturated carbocycles. The lowest BCUT2D eigenvalue weighted by Crippen LogP contribution is -2.25. The smallest absolute Gasteiger partial charge is 0.305 e. The second kappa shape index (κ2) is 6.30. The Labute approximate surface area is 100.0 Å². The van der Waals surface area contributed by atoms with Crippen molar-refractivity contribution in [2.24, 2.45) is 0 Å². The molecule has 0 heterocycles. The van der Waals surface area contributed by atoms with Gasteiger partial charge in [0.2, 0.25) is 5.82 Å². The summed E-state index contributed by atoms with van der Waals surface area (Å²) in [7, 11) is 0. The molecule has 17 heavy (non-hydrogen) atoms. The Bertz CT molecular complexity index is 396. The van der Waals surface area contributed by atoms with Crippen LogP contribution < -0.4 is 5.32 Å². The normalized spacial score (nSPS) is 12.4.